The van der Waals surface area contributed by atoms with E-state index in [9.17, 15) is 9.59 Å². The fourth-order valence-electron chi connectivity index (χ4n) is 1.85. The van der Waals surface area contributed by atoms with Crippen LogP contribution in [0, 0.1) is 0 Å². The van der Waals surface area contributed by atoms with Crippen LogP contribution < -0.4 is 10.1 Å². The van der Waals surface area contributed by atoms with Crippen molar-refractivity contribution in [1.82, 2.24) is 0 Å². The van der Waals surface area contributed by atoms with Gasteiger partial charge in [-0.15, -0.1) is 0 Å². The fraction of sp³-hybridized carbons (Fsp3) is 0.429. The van der Waals surface area contributed by atoms with Gasteiger partial charge in [-0.1, -0.05) is 6.92 Å². The molecule has 1 N–H and O–H groups in total. The van der Waals surface area contributed by atoms with Crippen LogP contribution in [-0.4, -0.2) is 17.3 Å². The van der Waals surface area contributed by atoms with Crippen LogP contribution in [0.1, 0.15) is 44.0 Å². The van der Waals surface area contributed by atoms with E-state index < -0.39 is 5.60 Å². The van der Waals surface area contributed by atoms with Gasteiger partial charge in [-0.25, -0.2) is 0 Å². The minimum atomic E-state index is -0.903. The Hall–Kier alpha value is -1.84. The molecule has 1 aromatic rings. The monoisotopic (exact) mass is 247 g/mol. The Morgan fingerprint density at radius 3 is 2.78 bits per heavy atom. The highest BCUT2D eigenvalue weighted by Crippen LogP contribution is 2.34. The van der Waals surface area contributed by atoms with Gasteiger partial charge in [-0.2, -0.15) is 0 Å². The SMILES string of the molecule is CCCC(=O)c1ccc2c(c1)OC(C)(C)C(=O)N2. The average Bonchev–Trinajstić information content (AvgIpc) is 2.30. The van der Waals surface area contributed by atoms with Gasteiger partial charge in [-0.3, -0.25) is 9.59 Å². The lowest BCUT2D eigenvalue weighted by Crippen LogP contribution is -2.45. The molecule has 96 valence electrons. The van der Waals surface area contributed by atoms with E-state index in [1.54, 1.807) is 32.0 Å². The predicted octanol–water partition coefficient (Wildman–Crippen LogP) is 2.78. The van der Waals surface area contributed by atoms with Crippen molar-refractivity contribution in [3.05, 3.63) is 23.8 Å². The number of nitrogens with one attached hydrogen (secondary N) is 1. The van der Waals surface area contributed by atoms with E-state index in [1.165, 1.54) is 0 Å². The van der Waals surface area contributed by atoms with Crippen LogP contribution in [0.5, 0.6) is 5.75 Å². The number of carbonyl (C=O) groups excluding carboxylic acids is 2. The van der Waals surface area contributed by atoms with Crippen molar-refractivity contribution in [2.24, 2.45) is 0 Å². The zero-order valence-electron chi connectivity index (χ0n) is 10.9. The van der Waals surface area contributed by atoms with Gasteiger partial charge in [0.25, 0.3) is 5.91 Å². The second kappa shape index (κ2) is 4.44. The Balaban J connectivity index is 2.33. The lowest BCUT2D eigenvalue weighted by atomic mass is 10.0. The first-order valence-electron chi connectivity index (χ1n) is 6.12. The number of amides is 1. The Bertz CT molecular complexity index is 506. The van der Waals surface area contributed by atoms with Crippen molar-refractivity contribution in [2.45, 2.75) is 39.2 Å². The molecule has 1 aliphatic heterocycles. The third kappa shape index (κ3) is 2.23. The van der Waals surface area contributed by atoms with Crippen LogP contribution in [-0.2, 0) is 4.79 Å². The summed E-state index contributed by atoms with van der Waals surface area (Å²) in [6.07, 6.45) is 1.34. The van der Waals surface area contributed by atoms with E-state index in [1.807, 2.05) is 6.92 Å². The van der Waals surface area contributed by atoms with Gasteiger partial charge >= 0.3 is 0 Å². The highest BCUT2D eigenvalue weighted by atomic mass is 16.5. The molecule has 1 aliphatic rings. The molecule has 0 saturated carbocycles. The molecule has 4 heteroatoms. The molecule has 0 atom stereocenters. The molecule has 2 rings (SSSR count). The number of hydrogen-bond donors (Lipinski definition) is 1. The molecule has 1 heterocycles. The van der Waals surface area contributed by atoms with Gasteiger partial charge < -0.3 is 10.1 Å². The smallest absolute Gasteiger partial charge is 0.268 e. The highest BCUT2D eigenvalue weighted by Gasteiger charge is 2.35. The Morgan fingerprint density at radius 1 is 1.39 bits per heavy atom. The minimum Gasteiger partial charge on any atom is -0.476 e. The third-order valence-corrected chi connectivity index (χ3v) is 2.94. The molecular weight excluding hydrogens is 230 g/mol. The van der Waals surface area contributed by atoms with E-state index in [-0.39, 0.29) is 11.7 Å². The summed E-state index contributed by atoms with van der Waals surface area (Å²) in [5, 5.41) is 2.77. The number of fused-ring (bicyclic) bond motifs is 1. The maximum atomic E-state index is 11.8. The summed E-state index contributed by atoms with van der Waals surface area (Å²) in [5.74, 6) is 0.475. The van der Waals surface area contributed by atoms with Crippen molar-refractivity contribution in [3.63, 3.8) is 0 Å². The number of ketones is 1. The molecule has 0 unspecified atom stereocenters. The molecule has 0 aliphatic carbocycles. The quantitative estimate of drug-likeness (QED) is 0.835. The number of anilines is 1. The normalized spacial score (nSPS) is 16.5. The highest BCUT2D eigenvalue weighted by molar-refractivity contribution is 6.02. The molecule has 0 bridgehead atoms. The van der Waals surface area contributed by atoms with E-state index in [2.05, 4.69) is 5.32 Å². The van der Waals surface area contributed by atoms with Crippen LogP contribution in [0.3, 0.4) is 0 Å². The van der Waals surface area contributed by atoms with E-state index in [4.69, 9.17) is 4.74 Å². The molecule has 1 amide bonds. The standard InChI is InChI=1S/C14H17NO3/c1-4-5-11(16)9-6-7-10-12(8-9)18-14(2,3)13(17)15-10/h6-8H,4-5H2,1-3H3,(H,15,17). The molecule has 0 radical (unpaired) electrons. The average molecular weight is 247 g/mol. The summed E-state index contributed by atoms with van der Waals surface area (Å²) in [5.41, 5.74) is 0.342. The number of rotatable bonds is 3. The number of hydrogen-bond acceptors (Lipinski definition) is 3. The topological polar surface area (TPSA) is 55.4 Å². The van der Waals surface area contributed by atoms with Gasteiger partial charge in [0.2, 0.25) is 0 Å². The van der Waals surface area contributed by atoms with Gasteiger partial charge in [0.1, 0.15) is 5.75 Å². The Kier molecular flexibility index (Phi) is 3.11. The van der Waals surface area contributed by atoms with Gasteiger partial charge in [0.15, 0.2) is 11.4 Å². The number of carbonyl (C=O) groups is 2. The van der Waals surface area contributed by atoms with Crippen molar-refractivity contribution in [3.8, 4) is 5.75 Å². The number of ether oxygens (including phenoxy) is 1. The fourth-order valence-corrected chi connectivity index (χ4v) is 1.85. The third-order valence-electron chi connectivity index (χ3n) is 2.94. The summed E-state index contributed by atoms with van der Waals surface area (Å²) in [7, 11) is 0. The zero-order chi connectivity index (χ0) is 13.3. The van der Waals surface area contributed by atoms with Gasteiger partial charge in [-0.05, 0) is 38.5 Å². The van der Waals surface area contributed by atoms with E-state index >= 15 is 0 Å². The van der Waals surface area contributed by atoms with Crippen LogP contribution in [0.25, 0.3) is 0 Å². The van der Waals surface area contributed by atoms with Crippen LogP contribution in [0.4, 0.5) is 5.69 Å². The molecule has 0 fully saturated rings. The second-order valence-corrected chi connectivity index (χ2v) is 4.95. The van der Waals surface area contributed by atoms with Crippen LogP contribution >= 0.6 is 0 Å². The van der Waals surface area contributed by atoms with E-state index in [0.717, 1.165) is 6.42 Å². The number of Topliss-reactive ketones (excluding diaryl/α,β-unsaturated/α-hetero) is 1. The maximum Gasteiger partial charge on any atom is 0.268 e. The first-order chi connectivity index (χ1) is 8.44. The van der Waals surface area contributed by atoms with Crippen molar-refractivity contribution >= 4 is 17.4 Å². The summed E-state index contributed by atoms with van der Waals surface area (Å²) >= 11 is 0. The maximum absolute atomic E-state index is 11.8. The molecule has 4 nitrogen and oxygen atoms in total. The lowest BCUT2D eigenvalue weighted by Gasteiger charge is -2.31. The summed E-state index contributed by atoms with van der Waals surface area (Å²) in [6, 6.07) is 5.14. The first-order valence-corrected chi connectivity index (χ1v) is 6.12. The first kappa shape index (κ1) is 12.6. The largest absolute Gasteiger partial charge is 0.476 e. The van der Waals surface area contributed by atoms with Crippen molar-refractivity contribution in [1.29, 1.82) is 0 Å². The molecule has 0 spiro atoms. The Labute approximate surface area is 106 Å². The minimum absolute atomic E-state index is 0.0959. The summed E-state index contributed by atoms with van der Waals surface area (Å²) < 4.78 is 5.64. The molecule has 18 heavy (non-hydrogen) atoms. The van der Waals surface area contributed by atoms with Crippen molar-refractivity contribution in [2.75, 3.05) is 5.32 Å². The van der Waals surface area contributed by atoms with Gasteiger partial charge in [0, 0.05) is 12.0 Å². The molecular formula is C14H17NO3. The molecule has 0 saturated heterocycles. The molecule has 1 aromatic carbocycles. The van der Waals surface area contributed by atoms with E-state index in [0.29, 0.717) is 23.4 Å². The van der Waals surface area contributed by atoms with Gasteiger partial charge in [0.05, 0.1) is 5.69 Å². The zero-order valence-corrected chi connectivity index (χ0v) is 10.9. The van der Waals surface area contributed by atoms with Crippen LogP contribution in [0.15, 0.2) is 18.2 Å². The number of benzene rings is 1. The summed E-state index contributed by atoms with van der Waals surface area (Å²) in [4.78, 5) is 23.5. The lowest BCUT2D eigenvalue weighted by molar-refractivity contribution is -0.129. The molecule has 0 aromatic heterocycles. The predicted molar refractivity (Wildman–Crippen MR) is 69.0 cm³/mol. The van der Waals surface area contributed by atoms with Crippen molar-refractivity contribution < 1.29 is 14.3 Å². The Morgan fingerprint density at radius 2 is 2.11 bits per heavy atom. The second-order valence-electron chi connectivity index (χ2n) is 4.95. The summed E-state index contributed by atoms with van der Waals surface area (Å²) in [6.45, 7) is 5.37. The van der Waals surface area contributed by atoms with Crippen LogP contribution in [0.2, 0.25) is 0 Å².